The van der Waals surface area contributed by atoms with Crippen molar-refractivity contribution >= 4 is 11.3 Å². The Hall–Kier alpha value is -0.380. The number of thiophene rings is 1. The molecular formula is C13H22N2S. The van der Waals surface area contributed by atoms with Gasteiger partial charge in [-0.1, -0.05) is 25.7 Å². The van der Waals surface area contributed by atoms with E-state index in [-0.39, 0.29) is 0 Å². The summed E-state index contributed by atoms with van der Waals surface area (Å²) in [4.78, 5) is 1.41. The number of nitrogens with one attached hydrogen (secondary N) is 1. The van der Waals surface area contributed by atoms with Crippen molar-refractivity contribution in [2.45, 2.75) is 51.5 Å². The minimum Gasteiger partial charge on any atom is -0.271 e. The predicted molar refractivity (Wildman–Crippen MR) is 70.3 cm³/mol. The molecule has 3 N–H and O–H groups in total. The smallest absolute Gasteiger partial charge is 0.0499 e. The Morgan fingerprint density at radius 3 is 2.50 bits per heavy atom. The van der Waals surface area contributed by atoms with Gasteiger partial charge in [0.1, 0.15) is 0 Å². The Kier molecular flexibility index (Phi) is 4.38. The molecule has 0 amide bonds. The molecule has 3 heteroatoms. The molecule has 1 heterocycles. The molecule has 1 unspecified atom stereocenters. The molecular weight excluding hydrogens is 216 g/mol. The second-order valence-electron chi connectivity index (χ2n) is 4.83. The standard InChI is InChI=1S/C13H22N2S/c1-10-12(8-9-16-10)13(15-14)11-6-4-2-3-5-7-11/h8-9,11,13,15H,2-7,14H2,1H3. The van der Waals surface area contributed by atoms with Crippen LogP contribution in [0.15, 0.2) is 11.4 Å². The molecule has 0 saturated heterocycles. The van der Waals surface area contributed by atoms with Crippen LogP contribution in [0.1, 0.15) is 55.0 Å². The van der Waals surface area contributed by atoms with Crippen molar-refractivity contribution in [1.82, 2.24) is 5.43 Å². The highest BCUT2D eigenvalue weighted by Crippen LogP contribution is 2.35. The van der Waals surface area contributed by atoms with Gasteiger partial charge >= 0.3 is 0 Å². The fraction of sp³-hybridized carbons (Fsp3) is 0.692. The molecule has 16 heavy (non-hydrogen) atoms. The van der Waals surface area contributed by atoms with Crippen LogP contribution in [-0.2, 0) is 0 Å². The molecule has 0 bridgehead atoms. The topological polar surface area (TPSA) is 38.0 Å². The first kappa shape index (κ1) is 12.1. The number of rotatable bonds is 3. The van der Waals surface area contributed by atoms with Crippen LogP contribution in [0.3, 0.4) is 0 Å². The molecule has 0 spiro atoms. The van der Waals surface area contributed by atoms with E-state index in [1.165, 1.54) is 49.0 Å². The van der Waals surface area contributed by atoms with Gasteiger partial charge in [-0.25, -0.2) is 0 Å². The van der Waals surface area contributed by atoms with Crippen molar-refractivity contribution in [3.8, 4) is 0 Å². The second kappa shape index (κ2) is 5.80. The van der Waals surface area contributed by atoms with Gasteiger partial charge in [0, 0.05) is 10.9 Å². The van der Waals surface area contributed by atoms with Crippen molar-refractivity contribution in [1.29, 1.82) is 0 Å². The van der Waals surface area contributed by atoms with Crippen LogP contribution in [0.5, 0.6) is 0 Å². The van der Waals surface area contributed by atoms with Crippen LogP contribution in [0.2, 0.25) is 0 Å². The van der Waals surface area contributed by atoms with Gasteiger partial charge in [0.05, 0.1) is 0 Å². The van der Waals surface area contributed by atoms with Crippen molar-refractivity contribution in [3.05, 3.63) is 21.9 Å². The summed E-state index contributed by atoms with van der Waals surface area (Å²) in [6.07, 6.45) is 8.18. The summed E-state index contributed by atoms with van der Waals surface area (Å²) in [6.45, 7) is 2.20. The number of hydrazine groups is 1. The quantitative estimate of drug-likeness (QED) is 0.480. The summed E-state index contributed by atoms with van der Waals surface area (Å²) in [6, 6.07) is 2.60. The Morgan fingerprint density at radius 2 is 2.00 bits per heavy atom. The number of hydrogen-bond acceptors (Lipinski definition) is 3. The van der Waals surface area contributed by atoms with Gasteiger partial charge in [-0.15, -0.1) is 11.3 Å². The summed E-state index contributed by atoms with van der Waals surface area (Å²) in [5.74, 6) is 6.49. The van der Waals surface area contributed by atoms with E-state index >= 15 is 0 Å². The van der Waals surface area contributed by atoms with E-state index in [0.717, 1.165) is 5.92 Å². The van der Waals surface area contributed by atoms with Crippen LogP contribution in [-0.4, -0.2) is 0 Å². The van der Waals surface area contributed by atoms with Gasteiger partial charge in [0.15, 0.2) is 0 Å². The molecule has 1 aliphatic rings. The van der Waals surface area contributed by atoms with E-state index in [9.17, 15) is 0 Å². The van der Waals surface area contributed by atoms with E-state index in [0.29, 0.717) is 6.04 Å². The van der Waals surface area contributed by atoms with Crippen molar-refractivity contribution < 1.29 is 0 Å². The Morgan fingerprint density at radius 1 is 1.31 bits per heavy atom. The van der Waals surface area contributed by atoms with Crippen LogP contribution in [0, 0.1) is 12.8 Å². The Labute approximate surface area is 102 Å². The van der Waals surface area contributed by atoms with Crippen molar-refractivity contribution in [2.24, 2.45) is 11.8 Å². The Balaban J connectivity index is 2.12. The predicted octanol–water partition coefficient (Wildman–Crippen LogP) is 3.53. The molecule has 1 aromatic rings. The highest BCUT2D eigenvalue weighted by Gasteiger charge is 2.24. The molecule has 0 radical (unpaired) electrons. The van der Waals surface area contributed by atoms with Crippen molar-refractivity contribution in [2.75, 3.05) is 0 Å². The lowest BCUT2D eigenvalue weighted by atomic mass is 9.88. The van der Waals surface area contributed by atoms with E-state index in [1.807, 2.05) is 11.3 Å². The van der Waals surface area contributed by atoms with Gasteiger partial charge in [0.25, 0.3) is 0 Å². The lowest BCUT2D eigenvalue weighted by molar-refractivity contribution is 0.329. The van der Waals surface area contributed by atoms with E-state index in [4.69, 9.17) is 5.84 Å². The third-order valence-electron chi connectivity index (χ3n) is 3.78. The maximum absolute atomic E-state index is 5.77. The fourth-order valence-corrected chi connectivity index (χ4v) is 3.59. The van der Waals surface area contributed by atoms with Crippen LogP contribution in [0.4, 0.5) is 0 Å². The third kappa shape index (κ3) is 2.65. The molecule has 1 fully saturated rings. The summed E-state index contributed by atoms with van der Waals surface area (Å²) >= 11 is 1.82. The van der Waals surface area contributed by atoms with Crippen LogP contribution in [0.25, 0.3) is 0 Å². The molecule has 1 atom stereocenters. The summed E-state index contributed by atoms with van der Waals surface area (Å²) < 4.78 is 0. The number of hydrogen-bond donors (Lipinski definition) is 2. The lowest BCUT2D eigenvalue weighted by Crippen LogP contribution is -2.33. The average Bonchev–Trinajstić information content (AvgIpc) is 2.57. The van der Waals surface area contributed by atoms with Gasteiger partial charge in [0.2, 0.25) is 0 Å². The third-order valence-corrected chi connectivity index (χ3v) is 4.65. The van der Waals surface area contributed by atoms with Crippen LogP contribution >= 0.6 is 11.3 Å². The zero-order valence-electron chi connectivity index (χ0n) is 10.0. The summed E-state index contributed by atoms with van der Waals surface area (Å²) in [5, 5.41) is 2.17. The van der Waals surface area contributed by atoms with Gasteiger partial charge < -0.3 is 0 Å². The zero-order valence-corrected chi connectivity index (χ0v) is 10.9. The maximum atomic E-state index is 5.77. The summed E-state index contributed by atoms with van der Waals surface area (Å²) in [7, 11) is 0. The highest BCUT2D eigenvalue weighted by molar-refractivity contribution is 7.10. The molecule has 90 valence electrons. The first-order chi connectivity index (χ1) is 7.83. The molecule has 1 saturated carbocycles. The van der Waals surface area contributed by atoms with Crippen molar-refractivity contribution in [3.63, 3.8) is 0 Å². The van der Waals surface area contributed by atoms with Gasteiger partial charge in [-0.05, 0) is 42.7 Å². The molecule has 2 rings (SSSR count). The lowest BCUT2D eigenvalue weighted by Gasteiger charge is -2.25. The maximum Gasteiger partial charge on any atom is 0.0499 e. The minimum absolute atomic E-state index is 0.365. The first-order valence-electron chi connectivity index (χ1n) is 6.33. The fourth-order valence-electron chi connectivity index (χ4n) is 2.84. The van der Waals surface area contributed by atoms with Gasteiger partial charge in [-0.3, -0.25) is 11.3 Å². The zero-order chi connectivity index (χ0) is 11.4. The molecule has 1 aliphatic carbocycles. The number of aryl methyl sites for hydroxylation is 1. The van der Waals surface area contributed by atoms with E-state index in [2.05, 4.69) is 23.8 Å². The highest BCUT2D eigenvalue weighted by atomic mass is 32.1. The van der Waals surface area contributed by atoms with Crippen LogP contribution < -0.4 is 11.3 Å². The second-order valence-corrected chi connectivity index (χ2v) is 5.95. The average molecular weight is 238 g/mol. The summed E-state index contributed by atoms with van der Waals surface area (Å²) in [5.41, 5.74) is 4.47. The normalized spacial score (nSPS) is 20.6. The minimum atomic E-state index is 0.365. The van der Waals surface area contributed by atoms with Gasteiger partial charge in [-0.2, -0.15) is 0 Å². The van der Waals surface area contributed by atoms with E-state index in [1.54, 1.807) is 0 Å². The molecule has 0 aromatic carbocycles. The first-order valence-corrected chi connectivity index (χ1v) is 7.21. The molecule has 0 aliphatic heterocycles. The molecule has 2 nitrogen and oxygen atoms in total. The molecule has 1 aromatic heterocycles. The van der Waals surface area contributed by atoms with E-state index < -0.39 is 0 Å². The SMILES string of the molecule is Cc1sccc1C(NN)C1CCCCCC1. The largest absolute Gasteiger partial charge is 0.271 e. The Bertz CT molecular complexity index is 313. The number of nitrogens with two attached hydrogens (primary N) is 1. The monoisotopic (exact) mass is 238 g/mol.